The average molecular weight is 357 g/mol. The zero-order valence-electron chi connectivity index (χ0n) is 15.6. The smallest absolute Gasteiger partial charge is 0.319 e. The molecular weight excluding hydrogens is 330 g/mol. The summed E-state index contributed by atoms with van der Waals surface area (Å²) < 4.78 is 7.50. The SMILES string of the molecule is C[C@@H]1CN([C@@H](C)CNC(=O)Nc2ccccc2-n2cccn2)C[C@@H](C)O1. The van der Waals surface area contributed by atoms with Gasteiger partial charge in [0, 0.05) is 38.1 Å². The number of nitrogens with one attached hydrogen (secondary N) is 2. The second kappa shape index (κ2) is 8.33. The minimum absolute atomic E-state index is 0.217. The number of aromatic nitrogens is 2. The number of benzene rings is 1. The second-order valence-electron chi connectivity index (χ2n) is 6.86. The summed E-state index contributed by atoms with van der Waals surface area (Å²) in [5.41, 5.74) is 1.55. The molecule has 1 aromatic carbocycles. The van der Waals surface area contributed by atoms with E-state index < -0.39 is 0 Å². The van der Waals surface area contributed by atoms with Crippen molar-refractivity contribution in [3.05, 3.63) is 42.7 Å². The highest BCUT2D eigenvalue weighted by atomic mass is 16.5. The molecule has 2 N–H and O–H groups in total. The molecule has 0 radical (unpaired) electrons. The molecule has 1 aliphatic heterocycles. The largest absolute Gasteiger partial charge is 0.373 e. The van der Waals surface area contributed by atoms with Crippen molar-refractivity contribution in [1.29, 1.82) is 0 Å². The number of hydrogen-bond donors (Lipinski definition) is 2. The molecule has 7 heteroatoms. The molecule has 3 rings (SSSR count). The Balaban J connectivity index is 1.55. The third-order valence-electron chi connectivity index (χ3n) is 4.53. The number of carbonyl (C=O) groups is 1. The van der Waals surface area contributed by atoms with Crippen LogP contribution in [0.25, 0.3) is 5.69 Å². The number of hydrogen-bond acceptors (Lipinski definition) is 4. The van der Waals surface area contributed by atoms with Crippen molar-refractivity contribution in [2.45, 2.75) is 39.0 Å². The molecule has 0 bridgehead atoms. The summed E-state index contributed by atoms with van der Waals surface area (Å²) in [5, 5.41) is 10.1. The number of para-hydroxylation sites is 2. The number of anilines is 1. The van der Waals surface area contributed by atoms with Crippen LogP contribution in [0.3, 0.4) is 0 Å². The first kappa shape index (κ1) is 18.4. The van der Waals surface area contributed by atoms with E-state index in [1.165, 1.54) is 0 Å². The van der Waals surface area contributed by atoms with Crippen LogP contribution >= 0.6 is 0 Å². The minimum atomic E-state index is -0.217. The molecule has 1 fully saturated rings. The topological polar surface area (TPSA) is 71.4 Å². The summed E-state index contributed by atoms with van der Waals surface area (Å²) in [6.45, 7) is 8.65. The Bertz CT molecular complexity index is 708. The van der Waals surface area contributed by atoms with Crippen molar-refractivity contribution in [1.82, 2.24) is 20.0 Å². The van der Waals surface area contributed by atoms with Crippen LogP contribution in [0.2, 0.25) is 0 Å². The fraction of sp³-hybridized carbons (Fsp3) is 0.474. The fourth-order valence-corrected chi connectivity index (χ4v) is 3.30. The van der Waals surface area contributed by atoms with Gasteiger partial charge in [0.15, 0.2) is 0 Å². The van der Waals surface area contributed by atoms with Gasteiger partial charge in [0.05, 0.1) is 23.6 Å². The number of urea groups is 1. The molecule has 1 aromatic heterocycles. The number of ether oxygens (including phenoxy) is 1. The maximum atomic E-state index is 12.4. The normalized spacial score (nSPS) is 22.0. The Hall–Kier alpha value is -2.38. The lowest BCUT2D eigenvalue weighted by Crippen LogP contribution is -2.52. The van der Waals surface area contributed by atoms with Crippen LogP contribution in [0, 0.1) is 0 Å². The van der Waals surface area contributed by atoms with Crippen LogP contribution in [0.1, 0.15) is 20.8 Å². The molecular formula is C19H27N5O2. The lowest BCUT2D eigenvalue weighted by molar-refractivity contribution is -0.0777. The number of morpholine rings is 1. The molecule has 1 saturated heterocycles. The predicted molar refractivity (Wildman–Crippen MR) is 102 cm³/mol. The Morgan fingerprint density at radius 3 is 2.69 bits per heavy atom. The summed E-state index contributed by atoms with van der Waals surface area (Å²) >= 11 is 0. The van der Waals surface area contributed by atoms with Gasteiger partial charge in [0.1, 0.15) is 0 Å². The summed E-state index contributed by atoms with van der Waals surface area (Å²) in [7, 11) is 0. The van der Waals surface area contributed by atoms with Gasteiger partial charge in [-0.3, -0.25) is 4.90 Å². The van der Waals surface area contributed by atoms with Crippen molar-refractivity contribution < 1.29 is 9.53 Å². The first-order valence-electron chi connectivity index (χ1n) is 9.06. The number of carbonyl (C=O) groups excluding carboxylic acids is 1. The first-order valence-corrected chi connectivity index (χ1v) is 9.06. The fourth-order valence-electron chi connectivity index (χ4n) is 3.30. The summed E-state index contributed by atoms with van der Waals surface area (Å²) in [4.78, 5) is 14.7. The van der Waals surface area contributed by atoms with Gasteiger partial charge in [-0.05, 0) is 39.0 Å². The van der Waals surface area contributed by atoms with E-state index in [9.17, 15) is 4.79 Å². The summed E-state index contributed by atoms with van der Waals surface area (Å²) in [5.74, 6) is 0. The first-order chi connectivity index (χ1) is 12.5. The molecule has 2 heterocycles. The van der Waals surface area contributed by atoms with Crippen LogP contribution < -0.4 is 10.6 Å². The van der Waals surface area contributed by atoms with Crippen LogP contribution in [-0.4, -0.2) is 58.6 Å². The monoisotopic (exact) mass is 357 g/mol. The molecule has 26 heavy (non-hydrogen) atoms. The molecule has 0 spiro atoms. The third kappa shape index (κ3) is 4.62. The maximum absolute atomic E-state index is 12.4. The predicted octanol–water partition coefficient (Wildman–Crippen LogP) is 2.49. The molecule has 0 unspecified atom stereocenters. The van der Waals surface area contributed by atoms with Crippen molar-refractivity contribution in [3.63, 3.8) is 0 Å². The Kier molecular flexibility index (Phi) is 5.90. The summed E-state index contributed by atoms with van der Waals surface area (Å²) in [6.07, 6.45) is 4.00. The second-order valence-corrected chi connectivity index (χ2v) is 6.86. The van der Waals surface area contributed by atoms with E-state index >= 15 is 0 Å². The van der Waals surface area contributed by atoms with Crippen LogP contribution in [-0.2, 0) is 4.74 Å². The minimum Gasteiger partial charge on any atom is -0.373 e. The highest BCUT2D eigenvalue weighted by Gasteiger charge is 2.25. The van der Waals surface area contributed by atoms with E-state index in [0.717, 1.165) is 24.5 Å². The van der Waals surface area contributed by atoms with E-state index in [-0.39, 0.29) is 24.3 Å². The van der Waals surface area contributed by atoms with Gasteiger partial charge < -0.3 is 15.4 Å². The van der Waals surface area contributed by atoms with Gasteiger partial charge in [0.25, 0.3) is 0 Å². The quantitative estimate of drug-likeness (QED) is 0.862. The van der Waals surface area contributed by atoms with Gasteiger partial charge in [-0.2, -0.15) is 5.10 Å². The molecule has 7 nitrogen and oxygen atoms in total. The molecule has 3 atom stereocenters. The highest BCUT2D eigenvalue weighted by molar-refractivity contribution is 5.91. The zero-order valence-corrected chi connectivity index (χ0v) is 15.6. The molecule has 0 saturated carbocycles. The highest BCUT2D eigenvalue weighted by Crippen LogP contribution is 2.19. The van der Waals surface area contributed by atoms with Gasteiger partial charge in [-0.1, -0.05) is 12.1 Å². The third-order valence-corrected chi connectivity index (χ3v) is 4.53. The van der Waals surface area contributed by atoms with E-state index in [2.05, 4.69) is 41.4 Å². The number of rotatable bonds is 5. The standard InChI is InChI=1S/C19H27N5O2/c1-14(23-12-15(2)26-16(3)13-23)11-20-19(25)22-17-7-4-5-8-18(17)24-10-6-9-21-24/h4-10,14-16H,11-13H2,1-3H3,(H2,20,22,25)/t14-,15+,16+/m0/s1. The van der Waals surface area contributed by atoms with E-state index in [4.69, 9.17) is 4.74 Å². The van der Waals surface area contributed by atoms with E-state index in [1.807, 2.05) is 36.5 Å². The van der Waals surface area contributed by atoms with Gasteiger partial charge in [-0.15, -0.1) is 0 Å². The van der Waals surface area contributed by atoms with Crippen molar-refractivity contribution in [3.8, 4) is 5.69 Å². The molecule has 2 aromatic rings. The molecule has 1 aliphatic rings. The van der Waals surface area contributed by atoms with Gasteiger partial charge >= 0.3 is 6.03 Å². The number of amides is 2. The summed E-state index contributed by atoms with van der Waals surface area (Å²) in [6, 6.07) is 9.47. The van der Waals surface area contributed by atoms with Crippen molar-refractivity contribution >= 4 is 11.7 Å². The van der Waals surface area contributed by atoms with Gasteiger partial charge in [-0.25, -0.2) is 9.48 Å². The lowest BCUT2D eigenvalue weighted by Gasteiger charge is -2.38. The van der Waals surface area contributed by atoms with Crippen molar-refractivity contribution in [2.75, 3.05) is 25.0 Å². The van der Waals surface area contributed by atoms with E-state index in [0.29, 0.717) is 6.54 Å². The van der Waals surface area contributed by atoms with E-state index in [1.54, 1.807) is 10.9 Å². The Labute approximate surface area is 154 Å². The lowest BCUT2D eigenvalue weighted by atomic mass is 10.2. The maximum Gasteiger partial charge on any atom is 0.319 e. The Morgan fingerprint density at radius 2 is 2.00 bits per heavy atom. The van der Waals surface area contributed by atoms with Crippen molar-refractivity contribution in [2.24, 2.45) is 0 Å². The zero-order chi connectivity index (χ0) is 18.5. The number of nitrogens with zero attached hydrogens (tertiary/aromatic N) is 3. The molecule has 2 amide bonds. The molecule has 0 aliphatic carbocycles. The Morgan fingerprint density at radius 1 is 1.27 bits per heavy atom. The molecule has 140 valence electrons. The van der Waals surface area contributed by atoms with Crippen LogP contribution in [0.15, 0.2) is 42.7 Å². The van der Waals surface area contributed by atoms with Gasteiger partial charge in [0.2, 0.25) is 0 Å². The van der Waals surface area contributed by atoms with Crippen LogP contribution in [0.4, 0.5) is 10.5 Å². The van der Waals surface area contributed by atoms with Crippen LogP contribution in [0.5, 0.6) is 0 Å². The average Bonchev–Trinajstić information content (AvgIpc) is 3.13.